The first-order valence-electron chi connectivity index (χ1n) is 11.6. The third kappa shape index (κ3) is 5.22. The molecule has 2 aromatic carbocycles. The lowest BCUT2D eigenvalue weighted by Crippen LogP contribution is -2.41. The number of thioether (sulfide) groups is 1. The van der Waals surface area contributed by atoms with Crippen molar-refractivity contribution in [3.05, 3.63) is 92.9 Å². The van der Waals surface area contributed by atoms with Gasteiger partial charge in [-0.2, -0.15) is 0 Å². The summed E-state index contributed by atoms with van der Waals surface area (Å²) in [6.07, 6.45) is 3.09. The van der Waals surface area contributed by atoms with Crippen LogP contribution < -0.4 is 5.56 Å². The van der Waals surface area contributed by atoms with Crippen molar-refractivity contribution in [1.29, 1.82) is 0 Å². The van der Waals surface area contributed by atoms with Crippen LogP contribution in [0.25, 0.3) is 0 Å². The topological polar surface area (TPSA) is 55.2 Å². The fraction of sp³-hybridized carbons (Fsp3) is 0.370. The summed E-state index contributed by atoms with van der Waals surface area (Å²) < 4.78 is 1.61. The molecular weight excluding hydrogens is 430 g/mol. The highest BCUT2D eigenvalue weighted by molar-refractivity contribution is 8.00. The lowest BCUT2D eigenvalue weighted by Gasteiger charge is -2.31. The summed E-state index contributed by atoms with van der Waals surface area (Å²) in [6, 6.07) is 18.3. The average molecular weight is 462 g/mol. The van der Waals surface area contributed by atoms with Crippen LogP contribution in [0.3, 0.4) is 0 Å². The Kier molecular flexibility index (Phi) is 7.33. The molecule has 0 saturated heterocycles. The molecule has 0 aliphatic carbocycles. The third-order valence-corrected chi connectivity index (χ3v) is 7.59. The summed E-state index contributed by atoms with van der Waals surface area (Å²) in [6.45, 7) is 5.37. The molecule has 0 N–H and O–H groups in total. The predicted molar refractivity (Wildman–Crippen MR) is 134 cm³/mol. The molecule has 0 radical (unpaired) electrons. The molecule has 1 aliphatic heterocycles. The summed E-state index contributed by atoms with van der Waals surface area (Å²) in [5, 5.41) is 0.358. The van der Waals surface area contributed by atoms with Gasteiger partial charge in [0.25, 0.3) is 5.56 Å². The molecule has 1 aromatic heterocycles. The highest BCUT2D eigenvalue weighted by Gasteiger charge is 2.29. The van der Waals surface area contributed by atoms with Crippen LogP contribution in [0.15, 0.2) is 64.5 Å². The first-order chi connectivity index (χ1) is 16.0. The Morgan fingerprint density at radius 1 is 1.09 bits per heavy atom. The fourth-order valence-corrected chi connectivity index (χ4v) is 5.64. The molecule has 0 spiro atoms. The number of benzene rings is 2. The van der Waals surface area contributed by atoms with Gasteiger partial charge in [-0.25, -0.2) is 4.98 Å². The molecule has 4 rings (SSSR count). The van der Waals surface area contributed by atoms with Crippen LogP contribution in [0, 0.1) is 6.92 Å². The monoisotopic (exact) mass is 461 g/mol. The van der Waals surface area contributed by atoms with Crippen molar-refractivity contribution in [3.63, 3.8) is 0 Å². The van der Waals surface area contributed by atoms with Crippen LogP contribution in [0.5, 0.6) is 0 Å². The van der Waals surface area contributed by atoms with E-state index in [0.717, 1.165) is 37.1 Å². The molecule has 1 atom stereocenters. The van der Waals surface area contributed by atoms with E-state index in [4.69, 9.17) is 4.98 Å². The number of carbonyl (C=O) groups is 1. The van der Waals surface area contributed by atoms with E-state index in [1.165, 1.54) is 22.9 Å². The Morgan fingerprint density at radius 2 is 1.79 bits per heavy atom. The second kappa shape index (κ2) is 10.4. The van der Waals surface area contributed by atoms with Crippen molar-refractivity contribution in [2.45, 2.75) is 56.5 Å². The number of nitrogens with zero attached hydrogens (tertiary/aromatic N) is 3. The lowest BCUT2D eigenvalue weighted by atomic mass is 9.99. The Balaban J connectivity index is 1.55. The summed E-state index contributed by atoms with van der Waals surface area (Å²) in [7, 11) is 1.76. The number of fused-ring (bicyclic) bond motifs is 1. The molecule has 1 unspecified atom stereocenters. The minimum atomic E-state index is -0.252. The number of hydrogen-bond donors (Lipinski definition) is 0. The van der Waals surface area contributed by atoms with Crippen molar-refractivity contribution in [2.75, 3.05) is 6.54 Å². The Morgan fingerprint density at radius 3 is 2.52 bits per heavy atom. The van der Waals surface area contributed by atoms with Crippen LogP contribution in [0.2, 0.25) is 0 Å². The van der Waals surface area contributed by atoms with Crippen LogP contribution in [0.1, 0.15) is 47.7 Å². The second-order valence-electron chi connectivity index (χ2n) is 8.66. The van der Waals surface area contributed by atoms with Crippen molar-refractivity contribution in [3.8, 4) is 0 Å². The largest absolute Gasteiger partial charge is 0.337 e. The van der Waals surface area contributed by atoms with Gasteiger partial charge in [-0.3, -0.25) is 14.2 Å². The molecule has 5 nitrogen and oxygen atoms in total. The lowest BCUT2D eigenvalue weighted by molar-refractivity contribution is -0.131. The zero-order valence-corrected chi connectivity index (χ0v) is 20.4. The van der Waals surface area contributed by atoms with Gasteiger partial charge in [-0.1, -0.05) is 79.7 Å². The first kappa shape index (κ1) is 23.3. The van der Waals surface area contributed by atoms with E-state index in [2.05, 4.69) is 25.1 Å². The summed E-state index contributed by atoms with van der Waals surface area (Å²) >= 11 is 1.43. The van der Waals surface area contributed by atoms with Crippen LogP contribution >= 0.6 is 11.8 Å². The van der Waals surface area contributed by atoms with Gasteiger partial charge in [0.2, 0.25) is 5.91 Å². The molecule has 0 fully saturated rings. The molecule has 1 aliphatic rings. The van der Waals surface area contributed by atoms with Gasteiger partial charge < -0.3 is 4.90 Å². The third-order valence-electron chi connectivity index (χ3n) is 6.29. The van der Waals surface area contributed by atoms with Gasteiger partial charge in [0.1, 0.15) is 0 Å². The molecule has 2 heterocycles. The molecule has 6 heteroatoms. The molecule has 0 bridgehead atoms. The Hall–Kier alpha value is -2.86. The summed E-state index contributed by atoms with van der Waals surface area (Å²) in [4.78, 5) is 33.4. The normalized spacial score (nSPS) is 14.1. The van der Waals surface area contributed by atoms with Crippen molar-refractivity contribution in [1.82, 2.24) is 14.5 Å². The molecule has 3 aromatic rings. The number of hydrogen-bond acceptors (Lipinski definition) is 4. The maximum Gasteiger partial charge on any atom is 0.257 e. The van der Waals surface area contributed by atoms with E-state index in [1.807, 2.05) is 48.2 Å². The van der Waals surface area contributed by atoms with E-state index in [0.29, 0.717) is 23.7 Å². The van der Waals surface area contributed by atoms with E-state index >= 15 is 0 Å². The maximum atomic E-state index is 13.5. The van der Waals surface area contributed by atoms with Gasteiger partial charge in [0, 0.05) is 37.8 Å². The highest BCUT2D eigenvalue weighted by atomic mass is 32.2. The molecule has 1 amide bonds. The van der Waals surface area contributed by atoms with E-state index in [9.17, 15) is 9.59 Å². The van der Waals surface area contributed by atoms with Crippen LogP contribution in [0.4, 0.5) is 0 Å². The number of rotatable bonds is 7. The molecule has 172 valence electrons. The van der Waals surface area contributed by atoms with Crippen LogP contribution in [-0.4, -0.2) is 32.2 Å². The van der Waals surface area contributed by atoms with E-state index in [-0.39, 0.29) is 16.7 Å². The van der Waals surface area contributed by atoms with Crippen molar-refractivity contribution < 1.29 is 4.79 Å². The SMILES string of the molecule is CCCC(Sc1nc(C)c(Cc2ccccc2)c(=O)n1C)C(=O)N1CCc2ccccc2C1. The summed E-state index contributed by atoms with van der Waals surface area (Å²) in [5.41, 5.74) is 5.05. The predicted octanol–water partition coefficient (Wildman–Crippen LogP) is 4.53. The Bertz CT molecular complexity index is 1190. The van der Waals surface area contributed by atoms with Gasteiger partial charge >= 0.3 is 0 Å². The second-order valence-corrected chi connectivity index (χ2v) is 9.83. The van der Waals surface area contributed by atoms with E-state index in [1.54, 1.807) is 11.6 Å². The van der Waals surface area contributed by atoms with Gasteiger partial charge in [0.15, 0.2) is 5.16 Å². The van der Waals surface area contributed by atoms with E-state index < -0.39 is 0 Å². The Labute approximate surface area is 199 Å². The number of amides is 1. The minimum Gasteiger partial charge on any atom is -0.337 e. The number of aromatic nitrogens is 2. The quantitative estimate of drug-likeness (QED) is 0.383. The molecular formula is C27H31N3O2S. The zero-order chi connectivity index (χ0) is 23.4. The average Bonchev–Trinajstić information content (AvgIpc) is 2.84. The van der Waals surface area contributed by atoms with Crippen molar-refractivity contribution >= 4 is 17.7 Å². The van der Waals surface area contributed by atoms with Crippen molar-refractivity contribution in [2.24, 2.45) is 7.05 Å². The van der Waals surface area contributed by atoms with Gasteiger partial charge in [-0.05, 0) is 36.5 Å². The fourth-order valence-electron chi connectivity index (χ4n) is 4.35. The standard InChI is InChI=1S/C27H31N3O2S/c1-4-10-24(26(32)30-16-15-21-13-8-9-14-22(21)18-30)33-27-28-19(2)23(25(31)29(27)3)17-20-11-6-5-7-12-20/h5-9,11-14,24H,4,10,15-18H2,1-3H3. The van der Waals surface area contributed by atoms with Gasteiger partial charge in [-0.15, -0.1) is 0 Å². The number of carbonyl (C=O) groups excluding carboxylic acids is 1. The first-order valence-corrected chi connectivity index (χ1v) is 12.5. The highest BCUT2D eigenvalue weighted by Crippen LogP contribution is 2.28. The van der Waals surface area contributed by atoms with Crippen LogP contribution in [-0.2, 0) is 31.2 Å². The number of aryl methyl sites for hydroxylation is 1. The molecule has 0 saturated carbocycles. The molecule has 33 heavy (non-hydrogen) atoms. The zero-order valence-electron chi connectivity index (χ0n) is 19.6. The smallest absolute Gasteiger partial charge is 0.257 e. The summed E-state index contributed by atoms with van der Waals surface area (Å²) in [5.74, 6) is 0.136. The maximum absolute atomic E-state index is 13.5. The minimum absolute atomic E-state index is 0.0385. The van der Waals surface area contributed by atoms with Gasteiger partial charge in [0.05, 0.1) is 5.25 Å².